The number of benzene rings is 1. The quantitative estimate of drug-likeness (QED) is 0.664. The Hall–Kier alpha value is -1.71. The highest BCUT2D eigenvalue weighted by atomic mass is 16.1. The zero-order valence-corrected chi connectivity index (χ0v) is 13.4. The lowest BCUT2D eigenvalue weighted by molar-refractivity contribution is 0.0921. The Morgan fingerprint density at radius 3 is 2.62 bits per heavy atom. The number of anilines is 2. The third-order valence-corrected chi connectivity index (χ3v) is 4.45. The third kappa shape index (κ3) is 3.90. The number of rotatable bonds is 3. The van der Waals surface area contributed by atoms with E-state index in [1.54, 1.807) is 6.07 Å². The SMILES string of the molecule is CC1CCCCCC1NC(=O)c1ccc(N(C)C)c(N)c1. The fourth-order valence-corrected chi connectivity index (χ4v) is 3.06. The minimum atomic E-state index is -0.00856. The number of hydrogen-bond donors (Lipinski definition) is 2. The van der Waals surface area contributed by atoms with Gasteiger partial charge in [-0.25, -0.2) is 0 Å². The van der Waals surface area contributed by atoms with Crippen LogP contribution < -0.4 is 16.0 Å². The molecule has 2 rings (SSSR count). The maximum Gasteiger partial charge on any atom is 0.251 e. The van der Waals surface area contributed by atoms with Crippen molar-refractivity contribution >= 4 is 17.3 Å². The van der Waals surface area contributed by atoms with E-state index in [1.807, 2.05) is 31.1 Å². The number of nitrogen functional groups attached to an aromatic ring is 1. The minimum Gasteiger partial charge on any atom is -0.397 e. The molecule has 1 fully saturated rings. The first-order chi connectivity index (χ1) is 9.99. The van der Waals surface area contributed by atoms with E-state index in [0.717, 1.165) is 12.1 Å². The fourth-order valence-electron chi connectivity index (χ4n) is 3.06. The van der Waals surface area contributed by atoms with Crippen LogP contribution in [0.25, 0.3) is 0 Å². The van der Waals surface area contributed by atoms with E-state index in [2.05, 4.69) is 12.2 Å². The topological polar surface area (TPSA) is 58.4 Å². The summed E-state index contributed by atoms with van der Waals surface area (Å²) >= 11 is 0. The second kappa shape index (κ2) is 6.83. The van der Waals surface area contributed by atoms with Crippen molar-refractivity contribution in [2.45, 2.75) is 45.1 Å². The maximum absolute atomic E-state index is 12.4. The molecule has 0 saturated heterocycles. The van der Waals surface area contributed by atoms with Crippen molar-refractivity contribution in [3.8, 4) is 0 Å². The Morgan fingerprint density at radius 2 is 1.95 bits per heavy atom. The van der Waals surface area contributed by atoms with Gasteiger partial charge in [-0.1, -0.05) is 26.2 Å². The lowest BCUT2D eigenvalue weighted by Gasteiger charge is -2.23. The van der Waals surface area contributed by atoms with Crippen molar-refractivity contribution in [1.29, 1.82) is 0 Å². The smallest absolute Gasteiger partial charge is 0.251 e. The summed E-state index contributed by atoms with van der Waals surface area (Å²) in [6.07, 6.45) is 6.04. The van der Waals surface area contributed by atoms with E-state index in [1.165, 1.54) is 25.7 Å². The lowest BCUT2D eigenvalue weighted by atomic mass is 9.96. The van der Waals surface area contributed by atoms with Gasteiger partial charge in [0.15, 0.2) is 0 Å². The number of carbonyl (C=O) groups is 1. The Labute approximate surface area is 127 Å². The molecule has 4 heteroatoms. The van der Waals surface area contributed by atoms with Crippen molar-refractivity contribution in [3.05, 3.63) is 23.8 Å². The number of nitrogens with two attached hydrogens (primary N) is 1. The highest BCUT2D eigenvalue weighted by Crippen LogP contribution is 2.25. The van der Waals surface area contributed by atoms with Crippen molar-refractivity contribution in [3.63, 3.8) is 0 Å². The molecule has 0 aromatic heterocycles. The highest BCUT2D eigenvalue weighted by Gasteiger charge is 2.22. The first-order valence-corrected chi connectivity index (χ1v) is 7.86. The average molecular weight is 289 g/mol. The monoisotopic (exact) mass is 289 g/mol. The van der Waals surface area contributed by atoms with Gasteiger partial charge >= 0.3 is 0 Å². The van der Waals surface area contributed by atoms with E-state index in [4.69, 9.17) is 5.73 Å². The van der Waals surface area contributed by atoms with Crippen LogP contribution in [0, 0.1) is 5.92 Å². The van der Waals surface area contributed by atoms with E-state index in [0.29, 0.717) is 17.2 Å². The third-order valence-electron chi connectivity index (χ3n) is 4.45. The zero-order chi connectivity index (χ0) is 15.4. The second-order valence-corrected chi connectivity index (χ2v) is 6.36. The molecule has 0 spiro atoms. The maximum atomic E-state index is 12.4. The lowest BCUT2D eigenvalue weighted by Crippen LogP contribution is -2.38. The molecule has 2 atom stereocenters. The Balaban J connectivity index is 2.07. The van der Waals surface area contributed by atoms with Crippen molar-refractivity contribution in [1.82, 2.24) is 5.32 Å². The van der Waals surface area contributed by atoms with Crippen molar-refractivity contribution in [2.24, 2.45) is 5.92 Å². The predicted molar refractivity (Wildman–Crippen MR) is 88.7 cm³/mol. The molecule has 1 aliphatic rings. The molecule has 4 nitrogen and oxygen atoms in total. The molecule has 0 bridgehead atoms. The summed E-state index contributed by atoms with van der Waals surface area (Å²) in [4.78, 5) is 14.4. The van der Waals surface area contributed by atoms with Crippen molar-refractivity contribution in [2.75, 3.05) is 24.7 Å². The molecule has 1 aromatic carbocycles. The number of carbonyl (C=O) groups excluding carboxylic acids is 1. The first kappa shape index (κ1) is 15.7. The van der Waals surface area contributed by atoms with E-state index >= 15 is 0 Å². The number of hydrogen-bond acceptors (Lipinski definition) is 3. The summed E-state index contributed by atoms with van der Waals surface area (Å²) in [5, 5.41) is 3.19. The molecule has 0 heterocycles. The molecule has 1 saturated carbocycles. The summed E-state index contributed by atoms with van der Waals surface area (Å²) in [5.74, 6) is 0.542. The average Bonchev–Trinajstić information content (AvgIpc) is 2.63. The Kier molecular flexibility index (Phi) is 5.10. The van der Waals surface area contributed by atoms with Gasteiger partial charge in [-0.15, -0.1) is 0 Å². The van der Waals surface area contributed by atoms with Gasteiger partial charge in [0.1, 0.15) is 0 Å². The standard InChI is InChI=1S/C17H27N3O/c1-12-7-5-4-6-8-15(12)19-17(21)13-9-10-16(20(2)3)14(18)11-13/h9-12,15H,4-8,18H2,1-3H3,(H,19,21). The van der Waals surface area contributed by atoms with Gasteiger partial charge in [0, 0.05) is 25.7 Å². The summed E-state index contributed by atoms with van der Waals surface area (Å²) in [6.45, 7) is 2.24. The molecule has 2 unspecified atom stereocenters. The first-order valence-electron chi connectivity index (χ1n) is 7.86. The Morgan fingerprint density at radius 1 is 1.24 bits per heavy atom. The van der Waals surface area contributed by atoms with Gasteiger partial charge in [0.05, 0.1) is 11.4 Å². The van der Waals surface area contributed by atoms with Crippen LogP contribution in [0.4, 0.5) is 11.4 Å². The van der Waals surface area contributed by atoms with Crippen LogP contribution in [0.15, 0.2) is 18.2 Å². The van der Waals surface area contributed by atoms with Crippen LogP contribution in [0.5, 0.6) is 0 Å². The van der Waals surface area contributed by atoms with E-state index in [-0.39, 0.29) is 11.9 Å². The van der Waals surface area contributed by atoms with Gasteiger partial charge in [-0.3, -0.25) is 4.79 Å². The van der Waals surface area contributed by atoms with Crippen LogP contribution in [-0.2, 0) is 0 Å². The molecule has 0 aliphatic heterocycles. The molecule has 0 radical (unpaired) electrons. The Bertz CT molecular complexity index is 499. The molecular formula is C17H27N3O. The summed E-state index contributed by atoms with van der Waals surface area (Å²) in [5.41, 5.74) is 8.25. The van der Waals surface area contributed by atoms with Gasteiger partial charge < -0.3 is 16.0 Å². The molecule has 1 aliphatic carbocycles. The van der Waals surface area contributed by atoms with Crippen LogP contribution in [0.3, 0.4) is 0 Å². The van der Waals surface area contributed by atoms with Gasteiger partial charge in [-0.05, 0) is 37.0 Å². The van der Waals surface area contributed by atoms with E-state index < -0.39 is 0 Å². The van der Waals surface area contributed by atoms with E-state index in [9.17, 15) is 4.79 Å². The predicted octanol–water partition coefficient (Wildman–Crippen LogP) is 3.03. The van der Waals surface area contributed by atoms with Crippen LogP contribution in [0.1, 0.15) is 49.4 Å². The molecule has 21 heavy (non-hydrogen) atoms. The largest absolute Gasteiger partial charge is 0.397 e. The van der Waals surface area contributed by atoms with Gasteiger partial charge in [0.2, 0.25) is 0 Å². The van der Waals surface area contributed by atoms with Crippen LogP contribution in [-0.4, -0.2) is 26.0 Å². The normalized spacial score (nSPS) is 22.4. The minimum absolute atomic E-state index is 0.00856. The number of amides is 1. The molecular weight excluding hydrogens is 262 g/mol. The molecule has 1 amide bonds. The summed E-state index contributed by atoms with van der Waals surface area (Å²) in [7, 11) is 3.89. The highest BCUT2D eigenvalue weighted by molar-refractivity contribution is 5.96. The number of nitrogens with zero attached hydrogens (tertiary/aromatic N) is 1. The van der Waals surface area contributed by atoms with Gasteiger partial charge in [-0.2, -0.15) is 0 Å². The van der Waals surface area contributed by atoms with Crippen LogP contribution in [0.2, 0.25) is 0 Å². The zero-order valence-electron chi connectivity index (χ0n) is 13.4. The summed E-state index contributed by atoms with van der Waals surface area (Å²) in [6, 6.07) is 5.81. The fraction of sp³-hybridized carbons (Fsp3) is 0.588. The molecule has 3 N–H and O–H groups in total. The second-order valence-electron chi connectivity index (χ2n) is 6.36. The van der Waals surface area contributed by atoms with Gasteiger partial charge in [0.25, 0.3) is 5.91 Å². The molecule has 116 valence electrons. The molecule has 1 aromatic rings. The summed E-state index contributed by atoms with van der Waals surface area (Å²) < 4.78 is 0. The number of nitrogens with one attached hydrogen (secondary N) is 1. The van der Waals surface area contributed by atoms with Crippen LogP contribution >= 0.6 is 0 Å². The van der Waals surface area contributed by atoms with Crippen molar-refractivity contribution < 1.29 is 4.79 Å².